The highest BCUT2D eigenvalue weighted by atomic mass is 16.5. The summed E-state index contributed by atoms with van der Waals surface area (Å²) >= 11 is 0. The summed E-state index contributed by atoms with van der Waals surface area (Å²) in [6.07, 6.45) is 11.1. The van der Waals surface area contributed by atoms with E-state index in [-0.39, 0.29) is 24.4 Å². The number of nitrogens with zero attached hydrogens (tertiary/aromatic N) is 6. The van der Waals surface area contributed by atoms with Crippen molar-refractivity contribution in [1.29, 1.82) is 0 Å². The lowest BCUT2D eigenvalue weighted by molar-refractivity contribution is -0.144. The number of hydrogen-bond acceptors (Lipinski definition) is 6. The maximum atomic E-state index is 14.5. The molecule has 226 valence electrons. The van der Waals surface area contributed by atoms with Gasteiger partial charge in [-0.1, -0.05) is 66.7 Å². The number of aromatic nitrogens is 4. The highest BCUT2D eigenvalue weighted by molar-refractivity contribution is 5.95. The second-order valence-corrected chi connectivity index (χ2v) is 10.9. The fourth-order valence-corrected chi connectivity index (χ4v) is 5.56. The molecular weight excluding hydrogens is 564 g/mol. The Labute approximate surface area is 262 Å². The number of hydrogen-bond donors (Lipinski definition) is 0. The summed E-state index contributed by atoms with van der Waals surface area (Å²) in [6, 6.07) is 27.3. The topological polar surface area (TPSA) is 93.4 Å². The summed E-state index contributed by atoms with van der Waals surface area (Å²) in [5, 5.41) is 4.31. The molecule has 0 saturated heterocycles. The van der Waals surface area contributed by atoms with Crippen molar-refractivity contribution in [1.82, 2.24) is 29.5 Å². The molecule has 0 unspecified atom stereocenters. The van der Waals surface area contributed by atoms with Gasteiger partial charge in [0, 0.05) is 62.5 Å². The molecule has 45 heavy (non-hydrogen) atoms. The summed E-state index contributed by atoms with van der Waals surface area (Å²) in [5.41, 5.74) is 5.83. The number of carbonyl (C=O) groups is 2. The van der Waals surface area contributed by atoms with Gasteiger partial charge in [-0.05, 0) is 52.9 Å². The Morgan fingerprint density at radius 1 is 0.911 bits per heavy atom. The Hall–Kier alpha value is -5.57. The van der Waals surface area contributed by atoms with Crippen molar-refractivity contribution >= 4 is 17.9 Å². The van der Waals surface area contributed by atoms with Crippen LogP contribution < -0.4 is 4.74 Å². The molecule has 1 aliphatic heterocycles. The molecule has 9 nitrogen and oxygen atoms in total. The second kappa shape index (κ2) is 13.8. The monoisotopic (exact) mass is 598 g/mol. The van der Waals surface area contributed by atoms with Gasteiger partial charge in [-0.2, -0.15) is 5.10 Å². The van der Waals surface area contributed by atoms with E-state index in [0.717, 1.165) is 28.8 Å². The quantitative estimate of drug-likeness (QED) is 0.212. The Bertz CT molecular complexity index is 1750. The van der Waals surface area contributed by atoms with E-state index in [2.05, 4.69) is 27.2 Å². The van der Waals surface area contributed by atoms with Crippen LogP contribution in [-0.4, -0.2) is 61.1 Å². The van der Waals surface area contributed by atoms with Crippen LogP contribution in [0.2, 0.25) is 0 Å². The molecule has 0 spiro atoms. The van der Waals surface area contributed by atoms with Crippen LogP contribution in [-0.2, 0) is 35.5 Å². The predicted molar refractivity (Wildman–Crippen MR) is 171 cm³/mol. The van der Waals surface area contributed by atoms with E-state index in [0.29, 0.717) is 25.1 Å². The predicted octanol–water partition coefficient (Wildman–Crippen LogP) is 4.91. The number of carbonyl (C=O) groups excluding carboxylic acids is 2. The number of benzene rings is 3. The van der Waals surface area contributed by atoms with Crippen LogP contribution in [0.1, 0.15) is 27.8 Å². The number of ether oxygens (including phenoxy) is 1. The summed E-state index contributed by atoms with van der Waals surface area (Å²) in [6.45, 7) is 1.36. The van der Waals surface area contributed by atoms with Crippen molar-refractivity contribution in [3.63, 3.8) is 0 Å². The number of methoxy groups -OCH3 is 1. The molecule has 1 atom stereocenters. The van der Waals surface area contributed by atoms with Crippen molar-refractivity contribution < 1.29 is 14.3 Å². The lowest BCUT2D eigenvalue weighted by Gasteiger charge is -2.37. The first-order valence-corrected chi connectivity index (χ1v) is 14.9. The molecule has 5 aromatic rings. The molecule has 1 aliphatic rings. The fourth-order valence-electron chi connectivity index (χ4n) is 5.56. The lowest BCUT2D eigenvalue weighted by Crippen LogP contribution is -2.52. The lowest BCUT2D eigenvalue weighted by atomic mass is 9.97. The normalized spacial score (nSPS) is 13.3. The third kappa shape index (κ3) is 7.15. The number of rotatable bonds is 10. The first-order valence-electron chi connectivity index (χ1n) is 14.9. The van der Waals surface area contributed by atoms with Crippen LogP contribution in [0, 0.1) is 0 Å². The molecule has 0 saturated carbocycles. The maximum Gasteiger partial charge on any atom is 0.316 e. The molecule has 0 radical (unpaired) electrons. The third-order valence-electron chi connectivity index (χ3n) is 7.97. The first kappa shape index (κ1) is 29.5. The fraction of sp³-hybridized carbons (Fsp3) is 0.194. The van der Waals surface area contributed by atoms with Gasteiger partial charge in [-0.25, -0.2) is 14.6 Å². The molecule has 2 aromatic heterocycles. The molecule has 0 fully saturated rings. The Morgan fingerprint density at radius 2 is 1.64 bits per heavy atom. The summed E-state index contributed by atoms with van der Waals surface area (Å²) in [5.74, 6) is -0.357. The van der Waals surface area contributed by atoms with Crippen molar-refractivity contribution in [2.45, 2.75) is 32.0 Å². The minimum Gasteiger partial charge on any atom is -0.467 e. The van der Waals surface area contributed by atoms with E-state index >= 15 is 0 Å². The zero-order chi connectivity index (χ0) is 31.0. The molecule has 0 aliphatic carbocycles. The van der Waals surface area contributed by atoms with Crippen LogP contribution in [0.3, 0.4) is 0 Å². The average molecular weight is 599 g/mol. The molecule has 0 N–H and O–H groups in total. The number of amides is 2. The van der Waals surface area contributed by atoms with Gasteiger partial charge in [-0.15, -0.1) is 0 Å². The van der Waals surface area contributed by atoms with Crippen molar-refractivity contribution in [3.8, 4) is 11.7 Å². The van der Waals surface area contributed by atoms with E-state index in [1.54, 1.807) is 34.2 Å². The van der Waals surface area contributed by atoms with Crippen LogP contribution in [0.4, 0.5) is 0 Å². The summed E-state index contributed by atoms with van der Waals surface area (Å²) < 4.78 is 6.84. The minimum atomic E-state index is -0.729. The Kier molecular flexibility index (Phi) is 9.06. The summed E-state index contributed by atoms with van der Waals surface area (Å²) in [7, 11) is 1.50. The molecular formula is C36H34N6O3. The Balaban J connectivity index is 1.33. The minimum absolute atomic E-state index is 0.0731. The van der Waals surface area contributed by atoms with Gasteiger partial charge in [0.25, 0.3) is 0 Å². The molecule has 2 amide bonds. The highest BCUT2D eigenvalue weighted by Gasteiger charge is 2.34. The molecule has 9 heteroatoms. The van der Waals surface area contributed by atoms with E-state index < -0.39 is 6.04 Å². The van der Waals surface area contributed by atoms with Crippen LogP contribution in [0.25, 0.3) is 11.8 Å². The highest BCUT2D eigenvalue weighted by Crippen LogP contribution is 2.23. The van der Waals surface area contributed by atoms with Crippen molar-refractivity contribution in [2.75, 3.05) is 13.7 Å². The van der Waals surface area contributed by atoms with Gasteiger partial charge in [0.05, 0.1) is 12.8 Å². The SMILES string of the molecule is COc1ncc(/C=C/C(=O)N(Cc2ccc(-n3cccn3)cc2)[C@@H](Cc2ccccc2)C(=O)N2CCc3ccccc3C2)cn1. The zero-order valence-electron chi connectivity index (χ0n) is 25.1. The van der Waals surface area contributed by atoms with E-state index in [4.69, 9.17) is 4.74 Å². The van der Waals surface area contributed by atoms with E-state index in [1.807, 2.05) is 83.9 Å². The zero-order valence-corrected chi connectivity index (χ0v) is 25.1. The summed E-state index contributed by atoms with van der Waals surface area (Å²) in [4.78, 5) is 40.4. The second-order valence-electron chi connectivity index (χ2n) is 10.9. The van der Waals surface area contributed by atoms with Gasteiger partial charge in [0.15, 0.2) is 0 Å². The maximum absolute atomic E-state index is 14.5. The first-order chi connectivity index (χ1) is 22.1. The largest absolute Gasteiger partial charge is 0.467 e. The van der Waals surface area contributed by atoms with Crippen LogP contribution in [0.15, 0.2) is 116 Å². The van der Waals surface area contributed by atoms with Gasteiger partial charge in [-0.3, -0.25) is 9.59 Å². The smallest absolute Gasteiger partial charge is 0.316 e. The molecule has 6 rings (SSSR count). The van der Waals surface area contributed by atoms with Gasteiger partial charge >= 0.3 is 6.01 Å². The third-order valence-corrected chi connectivity index (χ3v) is 7.97. The van der Waals surface area contributed by atoms with Crippen LogP contribution in [0.5, 0.6) is 6.01 Å². The van der Waals surface area contributed by atoms with Gasteiger partial charge in [0.1, 0.15) is 6.04 Å². The van der Waals surface area contributed by atoms with E-state index in [9.17, 15) is 9.59 Å². The Morgan fingerprint density at radius 3 is 2.36 bits per heavy atom. The van der Waals surface area contributed by atoms with Crippen molar-refractivity contribution in [2.24, 2.45) is 0 Å². The molecule has 3 aromatic carbocycles. The molecule has 3 heterocycles. The molecule has 0 bridgehead atoms. The van der Waals surface area contributed by atoms with Gasteiger partial charge < -0.3 is 14.5 Å². The number of fused-ring (bicyclic) bond motifs is 1. The van der Waals surface area contributed by atoms with Gasteiger partial charge in [0.2, 0.25) is 11.8 Å². The average Bonchev–Trinajstić information content (AvgIpc) is 3.64. The standard InChI is InChI=1S/C36H34N6O3/c1-45-36-37-23-29(24-38-36)14-17-34(43)41(25-28-12-15-32(16-13-28)42-20-7-19-39-42)33(22-27-8-3-2-4-9-27)35(44)40-21-18-30-10-5-6-11-31(30)26-40/h2-17,19-20,23-24,33H,18,21-22,25-26H2,1H3/b17-14+/t33-/m0/s1. The van der Waals surface area contributed by atoms with Crippen LogP contribution >= 0.6 is 0 Å². The van der Waals surface area contributed by atoms with Crippen molar-refractivity contribution in [3.05, 3.63) is 144 Å². The van der Waals surface area contributed by atoms with E-state index in [1.165, 1.54) is 18.7 Å².